The molecule has 0 aliphatic carbocycles. The third kappa shape index (κ3) is 3.34. The monoisotopic (exact) mass is 363 g/mol. The molecule has 4 aromatic rings. The second-order valence-corrected chi connectivity index (χ2v) is 6.47. The van der Waals surface area contributed by atoms with Gasteiger partial charge in [-0.1, -0.05) is 35.5 Å². The van der Waals surface area contributed by atoms with Gasteiger partial charge in [0.2, 0.25) is 5.82 Å². The summed E-state index contributed by atoms with van der Waals surface area (Å²) in [4.78, 5) is 15.3. The van der Waals surface area contributed by atoms with Gasteiger partial charge in [-0.05, 0) is 23.9 Å². The molecule has 0 radical (unpaired) electrons. The minimum absolute atomic E-state index is 0.424. The number of aromatic nitrogens is 4. The molecule has 26 heavy (non-hydrogen) atoms. The molecular weight excluding hydrogens is 346 g/mol. The SMILES string of the molecule is CCN(Cc1ccccc1)c1ncncc1-c1nc(-c2ccsc2)no1. The molecule has 3 aromatic heterocycles. The zero-order valence-corrected chi connectivity index (χ0v) is 15.1. The van der Waals surface area contributed by atoms with Crippen LogP contribution in [-0.4, -0.2) is 26.7 Å². The molecule has 0 saturated heterocycles. The standard InChI is InChI=1S/C19H17N5OS/c1-2-24(11-14-6-4-3-5-7-14)18-16(10-20-13-21-18)19-22-17(23-25-19)15-8-9-26-12-15/h3-10,12-13H,2,11H2,1H3. The van der Waals surface area contributed by atoms with Gasteiger partial charge in [0.15, 0.2) is 0 Å². The second-order valence-electron chi connectivity index (χ2n) is 5.69. The lowest BCUT2D eigenvalue weighted by Crippen LogP contribution is -2.24. The van der Waals surface area contributed by atoms with Crippen molar-refractivity contribution in [1.29, 1.82) is 0 Å². The predicted octanol–water partition coefficient (Wildman–Crippen LogP) is 4.28. The van der Waals surface area contributed by atoms with Gasteiger partial charge in [-0.2, -0.15) is 16.3 Å². The van der Waals surface area contributed by atoms with Gasteiger partial charge < -0.3 is 9.42 Å². The third-order valence-electron chi connectivity index (χ3n) is 4.02. The number of rotatable bonds is 6. The van der Waals surface area contributed by atoms with Crippen LogP contribution in [0.3, 0.4) is 0 Å². The van der Waals surface area contributed by atoms with E-state index in [1.54, 1.807) is 23.9 Å². The Kier molecular flexibility index (Phi) is 4.70. The van der Waals surface area contributed by atoms with Gasteiger partial charge in [0, 0.05) is 30.2 Å². The predicted molar refractivity (Wildman–Crippen MR) is 102 cm³/mol. The number of hydrogen-bond acceptors (Lipinski definition) is 7. The fraction of sp³-hybridized carbons (Fsp3) is 0.158. The van der Waals surface area contributed by atoms with E-state index < -0.39 is 0 Å². The minimum Gasteiger partial charge on any atom is -0.352 e. The summed E-state index contributed by atoms with van der Waals surface area (Å²) in [6, 6.07) is 12.3. The molecule has 130 valence electrons. The highest BCUT2D eigenvalue weighted by Gasteiger charge is 2.19. The van der Waals surface area contributed by atoms with Gasteiger partial charge in [0.1, 0.15) is 17.7 Å². The van der Waals surface area contributed by atoms with Gasteiger partial charge in [0.05, 0.1) is 0 Å². The molecular formula is C19H17N5OS. The maximum atomic E-state index is 5.50. The quantitative estimate of drug-likeness (QED) is 0.509. The molecule has 0 aliphatic rings. The molecule has 1 aromatic carbocycles. The van der Waals surface area contributed by atoms with E-state index >= 15 is 0 Å². The smallest absolute Gasteiger partial charge is 0.263 e. The number of hydrogen-bond donors (Lipinski definition) is 0. The van der Waals surface area contributed by atoms with Crippen LogP contribution in [0.4, 0.5) is 5.82 Å². The van der Waals surface area contributed by atoms with E-state index in [4.69, 9.17) is 4.52 Å². The molecule has 0 unspecified atom stereocenters. The van der Waals surface area contributed by atoms with Crippen molar-refractivity contribution in [1.82, 2.24) is 20.1 Å². The number of anilines is 1. The Morgan fingerprint density at radius 3 is 2.81 bits per heavy atom. The molecule has 7 heteroatoms. The highest BCUT2D eigenvalue weighted by atomic mass is 32.1. The van der Waals surface area contributed by atoms with Crippen LogP contribution >= 0.6 is 11.3 Å². The minimum atomic E-state index is 0.424. The third-order valence-corrected chi connectivity index (χ3v) is 4.71. The number of thiophene rings is 1. The maximum Gasteiger partial charge on any atom is 0.263 e. The Morgan fingerprint density at radius 1 is 1.15 bits per heavy atom. The van der Waals surface area contributed by atoms with E-state index in [2.05, 4.69) is 44.1 Å². The molecule has 4 rings (SSSR count). The van der Waals surface area contributed by atoms with Crippen molar-refractivity contribution in [2.24, 2.45) is 0 Å². The summed E-state index contributed by atoms with van der Waals surface area (Å²) in [5.41, 5.74) is 2.89. The Morgan fingerprint density at radius 2 is 2.04 bits per heavy atom. The van der Waals surface area contributed by atoms with Crippen molar-refractivity contribution in [2.45, 2.75) is 13.5 Å². The Balaban J connectivity index is 1.68. The summed E-state index contributed by atoms with van der Waals surface area (Å²) in [5.74, 6) is 1.78. The lowest BCUT2D eigenvalue weighted by atomic mass is 10.2. The average Bonchev–Trinajstić information content (AvgIpc) is 3.38. The molecule has 0 aliphatic heterocycles. The summed E-state index contributed by atoms with van der Waals surface area (Å²) in [6.45, 7) is 3.64. The van der Waals surface area contributed by atoms with Crippen molar-refractivity contribution >= 4 is 17.2 Å². The molecule has 0 amide bonds. The Hall–Kier alpha value is -3.06. The van der Waals surface area contributed by atoms with Crippen LogP contribution in [-0.2, 0) is 6.54 Å². The van der Waals surface area contributed by atoms with E-state index in [9.17, 15) is 0 Å². The summed E-state index contributed by atoms with van der Waals surface area (Å²) < 4.78 is 5.50. The van der Waals surface area contributed by atoms with Crippen LogP contribution in [0.5, 0.6) is 0 Å². The highest BCUT2D eigenvalue weighted by molar-refractivity contribution is 7.08. The van der Waals surface area contributed by atoms with E-state index in [0.717, 1.165) is 30.0 Å². The molecule has 6 nitrogen and oxygen atoms in total. The van der Waals surface area contributed by atoms with Gasteiger partial charge >= 0.3 is 0 Å². The van der Waals surface area contributed by atoms with Crippen LogP contribution in [0.2, 0.25) is 0 Å². The first-order chi connectivity index (χ1) is 12.8. The number of nitrogens with zero attached hydrogens (tertiary/aromatic N) is 5. The summed E-state index contributed by atoms with van der Waals surface area (Å²) in [6.07, 6.45) is 3.27. The van der Waals surface area contributed by atoms with Crippen LogP contribution in [0.25, 0.3) is 22.8 Å². The molecule has 0 saturated carbocycles. The van der Waals surface area contributed by atoms with Crippen molar-refractivity contribution < 1.29 is 4.52 Å². The lowest BCUT2D eigenvalue weighted by Gasteiger charge is -2.23. The normalized spacial score (nSPS) is 10.8. The van der Waals surface area contributed by atoms with Gasteiger partial charge in [-0.3, -0.25) is 0 Å². The zero-order chi connectivity index (χ0) is 17.8. The molecule has 0 bridgehead atoms. The highest BCUT2D eigenvalue weighted by Crippen LogP contribution is 2.29. The summed E-state index contributed by atoms with van der Waals surface area (Å²) >= 11 is 1.60. The van der Waals surface area contributed by atoms with Gasteiger partial charge in [0.25, 0.3) is 5.89 Å². The zero-order valence-electron chi connectivity index (χ0n) is 14.2. The maximum absolute atomic E-state index is 5.50. The van der Waals surface area contributed by atoms with Gasteiger partial charge in [-0.25, -0.2) is 9.97 Å². The van der Waals surface area contributed by atoms with Crippen molar-refractivity contribution in [3.05, 3.63) is 65.2 Å². The van der Waals surface area contributed by atoms with Crippen LogP contribution in [0, 0.1) is 0 Å². The van der Waals surface area contributed by atoms with Crippen LogP contribution < -0.4 is 4.90 Å². The summed E-state index contributed by atoms with van der Waals surface area (Å²) in [5, 5.41) is 8.07. The van der Waals surface area contributed by atoms with E-state index in [1.165, 1.54) is 5.56 Å². The topological polar surface area (TPSA) is 67.9 Å². The molecule has 0 N–H and O–H groups in total. The van der Waals surface area contributed by atoms with E-state index in [-0.39, 0.29) is 0 Å². The average molecular weight is 363 g/mol. The molecule has 0 spiro atoms. The van der Waals surface area contributed by atoms with Crippen LogP contribution in [0.15, 0.2) is 64.2 Å². The van der Waals surface area contributed by atoms with Crippen LogP contribution in [0.1, 0.15) is 12.5 Å². The summed E-state index contributed by atoms with van der Waals surface area (Å²) in [7, 11) is 0. The first-order valence-electron chi connectivity index (χ1n) is 8.30. The number of benzene rings is 1. The Labute approximate surface area is 155 Å². The van der Waals surface area contributed by atoms with Crippen molar-refractivity contribution in [2.75, 3.05) is 11.4 Å². The Bertz CT molecular complexity index is 969. The van der Waals surface area contributed by atoms with Gasteiger partial charge in [-0.15, -0.1) is 0 Å². The first kappa shape index (κ1) is 16.4. The van der Waals surface area contributed by atoms with E-state index in [1.807, 2.05) is 35.0 Å². The fourth-order valence-electron chi connectivity index (χ4n) is 2.71. The van der Waals surface area contributed by atoms with Crippen molar-refractivity contribution in [3.8, 4) is 22.8 Å². The fourth-order valence-corrected chi connectivity index (χ4v) is 3.34. The molecule has 3 heterocycles. The van der Waals surface area contributed by atoms with E-state index in [0.29, 0.717) is 11.7 Å². The second kappa shape index (κ2) is 7.45. The van der Waals surface area contributed by atoms with Crippen molar-refractivity contribution in [3.63, 3.8) is 0 Å². The largest absolute Gasteiger partial charge is 0.352 e. The molecule has 0 atom stereocenters. The molecule has 0 fully saturated rings. The first-order valence-corrected chi connectivity index (χ1v) is 9.25. The lowest BCUT2D eigenvalue weighted by molar-refractivity contribution is 0.432.